The Morgan fingerprint density at radius 1 is 1.19 bits per heavy atom. The van der Waals surface area contributed by atoms with Crippen LogP contribution in [0.2, 0.25) is 0 Å². The Morgan fingerprint density at radius 2 is 1.81 bits per heavy atom. The van der Waals surface area contributed by atoms with Crippen LogP contribution < -0.4 is 5.73 Å². The number of hydrogen-bond acceptors (Lipinski definition) is 5. The molecule has 2 rings (SSSR count). The lowest BCUT2D eigenvalue weighted by Gasteiger charge is -2.34. The van der Waals surface area contributed by atoms with Crippen molar-refractivity contribution in [3.63, 3.8) is 0 Å². The minimum absolute atomic E-state index is 0.248. The van der Waals surface area contributed by atoms with Gasteiger partial charge in [-0.2, -0.15) is 0 Å². The lowest BCUT2D eigenvalue weighted by atomic mass is 9.96. The molecule has 0 radical (unpaired) electrons. The maximum atomic E-state index is 12.2. The third-order valence-electron chi connectivity index (χ3n) is 4.45. The lowest BCUT2D eigenvalue weighted by Crippen LogP contribution is -2.51. The fourth-order valence-electron chi connectivity index (χ4n) is 3.20. The molecule has 2 heterocycles. The molecule has 0 spiro atoms. The quantitative estimate of drug-likeness (QED) is 0.580. The molecule has 1 unspecified atom stereocenters. The summed E-state index contributed by atoms with van der Waals surface area (Å²) < 4.78 is 4.81. The van der Waals surface area contributed by atoms with E-state index >= 15 is 0 Å². The van der Waals surface area contributed by atoms with E-state index in [0.717, 1.165) is 19.4 Å². The van der Waals surface area contributed by atoms with E-state index in [1.165, 1.54) is 25.9 Å². The maximum absolute atomic E-state index is 12.2. The molecule has 0 saturated carbocycles. The average molecular weight is 297 g/mol. The van der Waals surface area contributed by atoms with Crippen LogP contribution in [0.25, 0.3) is 0 Å². The minimum Gasteiger partial charge on any atom is -0.464 e. The number of amides is 1. The topological polar surface area (TPSA) is 75.9 Å². The number of piperidine rings is 1. The van der Waals surface area contributed by atoms with Crippen LogP contribution in [0.5, 0.6) is 0 Å². The Morgan fingerprint density at radius 3 is 2.38 bits per heavy atom. The second kappa shape index (κ2) is 7.75. The molecule has 1 amide bonds. The van der Waals surface area contributed by atoms with Gasteiger partial charge in [0.25, 0.3) is 5.91 Å². The highest BCUT2D eigenvalue weighted by Crippen LogP contribution is 2.21. The van der Waals surface area contributed by atoms with Gasteiger partial charge in [0.1, 0.15) is 0 Å². The fraction of sp³-hybridized carbons (Fsp3) is 0.867. The van der Waals surface area contributed by atoms with Crippen molar-refractivity contribution in [1.29, 1.82) is 0 Å². The second-order valence-electron chi connectivity index (χ2n) is 6.01. The molecule has 2 aliphatic rings. The first-order chi connectivity index (χ1) is 10.1. The Balaban J connectivity index is 1.74. The molecular weight excluding hydrogens is 270 g/mol. The predicted molar refractivity (Wildman–Crippen MR) is 79.6 cm³/mol. The summed E-state index contributed by atoms with van der Waals surface area (Å²) in [5.74, 6) is -0.263. The van der Waals surface area contributed by atoms with Crippen LogP contribution in [-0.4, -0.2) is 67.0 Å². The zero-order chi connectivity index (χ0) is 15.2. The van der Waals surface area contributed by atoms with Gasteiger partial charge in [-0.15, -0.1) is 0 Å². The summed E-state index contributed by atoms with van der Waals surface area (Å²) in [6.07, 6.45) is 4.62. The molecule has 0 bridgehead atoms. The van der Waals surface area contributed by atoms with Gasteiger partial charge >= 0.3 is 5.97 Å². The maximum Gasteiger partial charge on any atom is 0.332 e. The summed E-state index contributed by atoms with van der Waals surface area (Å²) in [4.78, 5) is 27.9. The Hall–Kier alpha value is -1.14. The molecule has 1 atom stereocenters. The fourth-order valence-corrected chi connectivity index (χ4v) is 3.20. The summed E-state index contributed by atoms with van der Waals surface area (Å²) in [5, 5.41) is 0. The summed E-state index contributed by atoms with van der Waals surface area (Å²) in [5.41, 5.74) is 5.67. The predicted octanol–water partition coefficient (Wildman–Crippen LogP) is 0.211. The normalized spacial score (nSPS) is 22.3. The van der Waals surface area contributed by atoms with Crippen molar-refractivity contribution < 1.29 is 14.3 Å². The highest BCUT2D eigenvalue weighted by molar-refractivity contribution is 6.01. The number of hydrogen-bond donors (Lipinski definition) is 1. The van der Waals surface area contributed by atoms with Gasteiger partial charge in [-0.05, 0) is 51.6 Å². The first-order valence-electron chi connectivity index (χ1n) is 8.05. The Kier molecular flexibility index (Phi) is 5.99. The van der Waals surface area contributed by atoms with E-state index in [9.17, 15) is 9.59 Å². The van der Waals surface area contributed by atoms with Crippen LogP contribution >= 0.6 is 0 Å². The SMILES string of the molecule is CCOC(=O)C(N)C(=O)N1CCC(CN2CCCC2)CC1. The van der Waals surface area contributed by atoms with Crippen LogP contribution in [-0.2, 0) is 14.3 Å². The van der Waals surface area contributed by atoms with Crippen LogP contribution in [0.1, 0.15) is 32.6 Å². The van der Waals surface area contributed by atoms with E-state index in [0.29, 0.717) is 19.0 Å². The molecule has 6 nitrogen and oxygen atoms in total. The Bertz CT molecular complexity index is 361. The highest BCUT2D eigenvalue weighted by atomic mass is 16.5. The molecule has 2 fully saturated rings. The minimum atomic E-state index is -1.17. The number of nitrogens with two attached hydrogens (primary N) is 1. The van der Waals surface area contributed by atoms with E-state index in [1.54, 1.807) is 11.8 Å². The largest absolute Gasteiger partial charge is 0.464 e. The summed E-state index contributed by atoms with van der Waals surface area (Å²) in [7, 11) is 0. The first-order valence-corrected chi connectivity index (χ1v) is 8.05. The van der Waals surface area contributed by atoms with E-state index in [-0.39, 0.29) is 12.5 Å². The van der Waals surface area contributed by atoms with Gasteiger partial charge < -0.3 is 20.3 Å². The van der Waals surface area contributed by atoms with Crippen molar-refractivity contribution in [3.8, 4) is 0 Å². The standard InChI is InChI=1S/C15H27N3O3/c1-2-21-15(20)13(16)14(19)18-9-5-12(6-10-18)11-17-7-3-4-8-17/h12-13H,2-11,16H2,1H3. The van der Waals surface area contributed by atoms with Crippen molar-refractivity contribution in [2.75, 3.05) is 39.3 Å². The molecule has 0 aromatic carbocycles. The molecule has 120 valence electrons. The van der Waals surface area contributed by atoms with Gasteiger partial charge in [0.15, 0.2) is 6.04 Å². The summed E-state index contributed by atoms with van der Waals surface area (Å²) >= 11 is 0. The van der Waals surface area contributed by atoms with E-state index in [2.05, 4.69) is 4.90 Å². The number of likely N-dealkylation sites (tertiary alicyclic amines) is 2. The van der Waals surface area contributed by atoms with Gasteiger partial charge in [-0.3, -0.25) is 4.79 Å². The lowest BCUT2D eigenvalue weighted by molar-refractivity contribution is -0.151. The Labute approximate surface area is 126 Å². The molecule has 0 aromatic heterocycles. The van der Waals surface area contributed by atoms with Crippen LogP contribution in [0.15, 0.2) is 0 Å². The zero-order valence-corrected chi connectivity index (χ0v) is 12.9. The third-order valence-corrected chi connectivity index (χ3v) is 4.45. The van der Waals surface area contributed by atoms with E-state index in [4.69, 9.17) is 10.5 Å². The first kappa shape index (κ1) is 16.2. The average Bonchev–Trinajstić information content (AvgIpc) is 3.00. The number of carbonyl (C=O) groups is 2. The molecule has 21 heavy (non-hydrogen) atoms. The van der Waals surface area contributed by atoms with Gasteiger partial charge in [0.05, 0.1) is 6.61 Å². The molecule has 2 aliphatic heterocycles. The van der Waals surface area contributed by atoms with Crippen molar-refractivity contribution in [2.24, 2.45) is 11.7 Å². The third kappa shape index (κ3) is 4.41. The molecule has 0 aliphatic carbocycles. The van der Waals surface area contributed by atoms with Crippen LogP contribution in [0.4, 0.5) is 0 Å². The second-order valence-corrected chi connectivity index (χ2v) is 6.01. The molecular formula is C15H27N3O3. The molecule has 0 aromatic rings. The highest BCUT2D eigenvalue weighted by Gasteiger charge is 2.31. The van der Waals surface area contributed by atoms with Gasteiger partial charge in [-0.25, -0.2) is 4.79 Å². The van der Waals surface area contributed by atoms with Gasteiger partial charge in [0.2, 0.25) is 0 Å². The zero-order valence-electron chi connectivity index (χ0n) is 12.9. The van der Waals surface area contributed by atoms with Gasteiger partial charge in [0, 0.05) is 19.6 Å². The smallest absolute Gasteiger partial charge is 0.332 e. The monoisotopic (exact) mass is 297 g/mol. The van der Waals surface area contributed by atoms with Gasteiger partial charge in [-0.1, -0.05) is 0 Å². The molecule has 2 saturated heterocycles. The van der Waals surface area contributed by atoms with Crippen molar-refractivity contribution in [2.45, 2.75) is 38.6 Å². The summed E-state index contributed by atoms with van der Waals surface area (Å²) in [6, 6.07) is -1.17. The number of rotatable bonds is 5. The van der Waals surface area contributed by atoms with Crippen molar-refractivity contribution in [1.82, 2.24) is 9.80 Å². The van der Waals surface area contributed by atoms with Crippen LogP contribution in [0.3, 0.4) is 0 Å². The van der Waals surface area contributed by atoms with Crippen LogP contribution in [0, 0.1) is 5.92 Å². The van der Waals surface area contributed by atoms with E-state index < -0.39 is 12.0 Å². The number of esters is 1. The summed E-state index contributed by atoms with van der Waals surface area (Å²) in [6.45, 7) is 6.93. The van der Waals surface area contributed by atoms with Crippen molar-refractivity contribution in [3.05, 3.63) is 0 Å². The van der Waals surface area contributed by atoms with Crippen molar-refractivity contribution >= 4 is 11.9 Å². The number of ether oxygens (including phenoxy) is 1. The number of nitrogens with zero attached hydrogens (tertiary/aromatic N) is 2. The van der Waals surface area contributed by atoms with E-state index in [1.807, 2.05) is 0 Å². The number of carbonyl (C=O) groups excluding carboxylic acids is 2. The molecule has 2 N–H and O–H groups in total. The molecule has 6 heteroatoms.